The summed E-state index contributed by atoms with van der Waals surface area (Å²) < 4.78 is 62.0. The molecule has 0 radical (unpaired) electrons. The van der Waals surface area contributed by atoms with E-state index in [9.17, 15) is 22.4 Å². The lowest BCUT2D eigenvalue weighted by molar-refractivity contribution is -0.137. The van der Waals surface area contributed by atoms with Crippen molar-refractivity contribution >= 4 is 5.97 Å². The van der Waals surface area contributed by atoms with Crippen LogP contribution < -0.4 is 0 Å². The van der Waals surface area contributed by atoms with E-state index in [0.717, 1.165) is 18.2 Å². The number of carbonyl (C=O) groups excluding carboxylic acids is 1. The molecule has 1 atom stereocenters. The van der Waals surface area contributed by atoms with Gasteiger partial charge in [0.15, 0.2) is 6.10 Å². The van der Waals surface area contributed by atoms with E-state index in [0.29, 0.717) is 0 Å². The number of benzene rings is 2. The lowest BCUT2D eigenvalue weighted by Gasteiger charge is -2.09. The van der Waals surface area contributed by atoms with Crippen LogP contribution in [-0.4, -0.2) is 16.1 Å². The lowest BCUT2D eigenvalue weighted by Crippen LogP contribution is -2.11. The Balaban J connectivity index is 1.78. The molecule has 1 heterocycles. The summed E-state index contributed by atoms with van der Waals surface area (Å²) in [4.78, 5) is 16.0. The van der Waals surface area contributed by atoms with Crippen LogP contribution in [0.15, 0.2) is 53.1 Å². The van der Waals surface area contributed by atoms with Crippen molar-refractivity contribution < 1.29 is 31.6 Å². The zero-order valence-electron chi connectivity index (χ0n) is 13.8. The molecule has 3 rings (SSSR count). The van der Waals surface area contributed by atoms with Crippen LogP contribution >= 0.6 is 0 Å². The van der Waals surface area contributed by atoms with Crippen molar-refractivity contribution in [2.75, 3.05) is 0 Å². The minimum atomic E-state index is -4.51. The minimum Gasteiger partial charge on any atom is -0.449 e. The summed E-state index contributed by atoms with van der Waals surface area (Å²) in [6.07, 6.45) is -5.53. The van der Waals surface area contributed by atoms with Crippen molar-refractivity contribution in [3.63, 3.8) is 0 Å². The molecule has 0 aliphatic rings. The summed E-state index contributed by atoms with van der Waals surface area (Å²) in [7, 11) is 0. The van der Waals surface area contributed by atoms with Crippen molar-refractivity contribution in [3.05, 3.63) is 71.4 Å². The Morgan fingerprint density at radius 3 is 2.59 bits per heavy atom. The van der Waals surface area contributed by atoms with Crippen molar-refractivity contribution in [3.8, 4) is 11.4 Å². The molecule has 3 aromatic rings. The highest BCUT2D eigenvalue weighted by Gasteiger charge is 2.31. The highest BCUT2D eigenvalue weighted by atomic mass is 19.4. The SMILES string of the molecule is CC(OC(=O)c1ccccc1F)c1nc(-c2cccc(C(F)(F)F)c2)no1. The highest BCUT2D eigenvalue weighted by molar-refractivity contribution is 5.89. The van der Waals surface area contributed by atoms with Gasteiger partial charge in [0.1, 0.15) is 5.82 Å². The monoisotopic (exact) mass is 380 g/mol. The number of carbonyl (C=O) groups is 1. The second kappa shape index (κ2) is 7.18. The number of nitrogens with zero attached hydrogens (tertiary/aromatic N) is 2. The normalized spacial score (nSPS) is 12.6. The summed E-state index contributed by atoms with van der Waals surface area (Å²) in [5.74, 6) is -1.90. The van der Waals surface area contributed by atoms with E-state index in [1.807, 2.05) is 0 Å². The molecule has 2 aromatic carbocycles. The smallest absolute Gasteiger partial charge is 0.416 e. The Labute approximate surface area is 150 Å². The number of hydrogen-bond acceptors (Lipinski definition) is 5. The summed E-state index contributed by atoms with van der Waals surface area (Å²) >= 11 is 0. The number of aromatic nitrogens is 2. The Bertz CT molecular complexity index is 969. The third-order valence-corrected chi connectivity index (χ3v) is 3.62. The molecule has 0 saturated carbocycles. The van der Waals surface area contributed by atoms with E-state index in [1.54, 1.807) is 0 Å². The fourth-order valence-electron chi connectivity index (χ4n) is 2.25. The van der Waals surface area contributed by atoms with Crippen LogP contribution in [0.5, 0.6) is 0 Å². The molecule has 5 nitrogen and oxygen atoms in total. The van der Waals surface area contributed by atoms with E-state index >= 15 is 0 Å². The van der Waals surface area contributed by atoms with Gasteiger partial charge in [-0.15, -0.1) is 0 Å². The zero-order valence-corrected chi connectivity index (χ0v) is 13.8. The standard InChI is InChI=1S/C18H12F4N2O3/c1-10(26-17(25)13-7-2-3-8-14(13)19)16-23-15(24-27-16)11-5-4-6-12(9-11)18(20,21)22/h2-10H,1H3. The van der Waals surface area contributed by atoms with Crippen molar-refractivity contribution in [2.24, 2.45) is 0 Å². The van der Waals surface area contributed by atoms with Gasteiger partial charge in [-0.3, -0.25) is 0 Å². The molecule has 0 N–H and O–H groups in total. The predicted octanol–water partition coefficient (Wildman–Crippen LogP) is 4.81. The zero-order chi connectivity index (χ0) is 19.6. The number of esters is 1. The number of ether oxygens (including phenoxy) is 1. The van der Waals surface area contributed by atoms with Crippen LogP contribution in [0.1, 0.15) is 34.8 Å². The molecular weight excluding hydrogens is 368 g/mol. The molecule has 9 heteroatoms. The van der Waals surface area contributed by atoms with Crippen molar-refractivity contribution in [2.45, 2.75) is 19.2 Å². The third-order valence-electron chi connectivity index (χ3n) is 3.62. The second-order valence-corrected chi connectivity index (χ2v) is 5.56. The predicted molar refractivity (Wildman–Crippen MR) is 85.0 cm³/mol. The maximum absolute atomic E-state index is 13.6. The Morgan fingerprint density at radius 1 is 1.15 bits per heavy atom. The summed E-state index contributed by atoms with van der Waals surface area (Å²) in [5.41, 5.74) is -1.03. The molecule has 27 heavy (non-hydrogen) atoms. The molecular formula is C18H12F4N2O3. The number of halogens is 4. The molecule has 0 bridgehead atoms. The molecule has 140 valence electrons. The number of hydrogen-bond donors (Lipinski definition) is 0. The molecule has 0 fully saturated rings. The van der Waals surface area contributed by atoms with Crippen LogP contribution in [0.2, 0.25) is 0 Å². The van der Waals surface area contributed by atoms with Gasteiger partial charge >= 0.3 is 12.1 Å². The van der Waals surface area contributed by atoms with Gasteiger partial charge < -0.3 is 9.26 Å². The fraction of sp³-hybridized carbons (Fsp3) is 0.167. The number of rotatable bonds is 4. The molecule has 1 unspecified atom stereocenters. The van der Waals surface area contributed by atoms with E-state index in [-0.39, 0.29) is 22.8 Å². The molecule has 0 aliphatic carbocycles. The first-order chi connectivity index (χ1) is 12.8. The first-order valence-corrected chi connectivity index (χ1v) is 7.72. The van der Waals surface area contributed by atoms with Crippen LogP contribution in [0.4, 0.5) is 17.6 Å². The summed E-state index contributed by atoms with van der Waals surface area (Å²) in [6, 6.07) is 9.67. The average molecular weight is 380 g/mol. The minimum absolute atomic E-state index is 0.0902. The average Bonchev–Trinajstić information content (AvgIpc) is 3.12. The topological polar surface area (TPSA) is 65.2 Å². The summed E-state index contributed by atoms with van der Waals surface area (Å²) in [5, 5.41) is 3.61. The van der Waals surface area contributed by atoms with Gasteiger partial charge in [0.25, 0.3) is 5.89 Å². The molecule has 0 amide bonds. The molecule has 0 spiro atoms. The second-order valence-electron chi connectivity index (χ2n) is 5.56. The first kappa shape index (κ1) is 18.6. The van der Waals surface area contributed by atoms with E-state index in [1.165, 1.54) is 37.3 Å². The van der Waals surface area contributed by atoms with E-state index < -0.39 is 29.6 Å². The van der Waals surface area contributed by atoms with Crippen LogP contribution in [0.25, 0.3) is 11.4 Å². The van der Waals surface area contributed by atoms with E-state index in [4.69, 9.17) is 9.26 Å². The van der Waals surface area contributed by atoms with E-state index in [2.05, 4.69) is 10.1 Å². The van der Waals surface area contributed by atoms with Crippen LogP contribution in [-0.2, 0) is 10.9 Å². The largest absolute Gasteiger partial charge is 0.449 e. The van der Waals surface area contributed by atoms with Crippen LogP contribution in [0, 0.1) is 5.82 Å². The molecule has 1 aromatic heterocycles. The van der Waals surface area contributed by atoms with Crippen LogP contribution in [0.3, 0.4) is 0 Å². The quantitative estimate of drug-likeness (QED) is 0.480. The van der Waals surface area contributed by atoms with Gasteiger partial charge in [-0.05, 0) is 31.2 Å². The highest BCUT2D eigenvalue weighted by Crippen LogP contribution is 2.31. The van der Waals surface area contributed by atoms with Gasteiger partial charge in [-0.1, -0.05) is 29.4 Å². The number of alkyl halides is 3. The molecule has 0 saturated heterocycles. The summed E-state index contributed by atoms with van der Waals surface area (Å²) in [6.45, 7) is 1.42. The van der Waals surface area contributed by atoms with Gasteiger partial charge in [0.05, 0.1) is 11.1 Å². The maximum Gasteiger partial charge on any atom is 0.416 e. The lowest BCUT2D eigenvalue weighted by atomic mass is 10.1. The van der Waals surface area contributed by atoms with Gasteiger partial charge in [-0.2, -0.15) is 18.2 Å². The first-order valence-electron chi connectivity index (χ1n) is 7.72. The van der Waals surface area contributed by atoms with Gasteiger partial charge in [0, 0.05) is 5.56 Å². The Morgan fingerprint density at radius 2 is 1.89 bits per heavy atom. The van der Waals surface area contributed by atoms with Gasteiger partial charge in [-0.25, -0.2) is 9.18 Å². The Kier molecular flexibility index (Phi) is 4.93. The molecule has 0 aliphatic heterocycles. The maximum atomic E-state index is 13.6. The van der Waals surface area contributed by atoms with Crippen molar-refractivity contribution in [1.29, 1.82) is 0 Å². The Hall–Kier alpha value is -3.23. The van der Waals surface area contributed by atoms with Crippen molar-refractivity contribution in [1.82, 2.24) is 10.1 Å². The third kappa shape index (κ3) is 4.13. The van der Waals surface area contributed by atoms with Gasteiger partial charge in [0.2, 0.25) is 5.82 Å². The fourth-order valence-corrected chi connectivity index (χ4v) is 2.25.